The van der Waals surface area contributed by atoms with Crippen molar-refractivity contribution in [3.8, 4) is 10.6 Å². The molecule has 0 fully saturated rings. The van der Waals surface area contributed by atoms with Gasteiger partial charge in [-0.2, -0.15) is 0 Å². The number of oxazole rings is 1. The van der Waals surface area contributed by atoms with Crippen LogP contribution in [0.15, 0.2) is 34.4 Å². The van der Waals surface area contributed by atoms with Gasteiger partial charge in [0.15, 0.2) is 12.0 Å². The highest BCUT2D eigenvalue weighted by Gasteiger charge is 2.07. The molecule has 0 atom stereocenters. The molecule has 0 bridgehead atoms. The van der Waals surface area contributed by atoms with Crippen molar-refractivity contribution in [2.24, 2.45) is 5.73 Å². The van der Waals surface area contributed by atoms with Crippen LogP contribution in [0.25, 0.3) is 21.7 Å². The first-order chi connectivity index (χ1) is 8.86. The van der Waals surface area contributed by atoms with Crippen molar-refractivity contribution >= 4 is 22.4 Å². The van der Waals surface area contributed by atoms with Gasteiger partial charge in [0.05, 0.1) is 5.69 Å². The van der Waals surface area contributed by atoms with Crippen LogP contribution in [0, 0.1) is 0 Å². The average Bonchev–Trinajstić information content (AvgIpc) is 3.04. The number of fused-ring (bicyclic) bond motifs is 1. The molecule has 0 saturated heterocycles. The van der Waals surface area contributed by atoms with E-state index in [1.807, 2.05) is 18.2 Å². The van der Waals surface area contributed by atoms with Crippen molar-refractivity contribution in [3.05, 3.63) is 35.7 Å². The minimum Gasteiger partial charge on any atom is -0.443 e. The fourth-order valence-electron chi connectivity index (χ4n) is 1.83. The van der Waals surface area contributed by atoms with Crippen molar-refractivity contribution in [3.63, 3.8) is 0 Å². The Morgan fingerprint density at radius 3 is 3.17 bits per heavy atom. The zero-order chi connectivity index (χ0) is 12.4. The Kier molecular flexibility index (Phi) is 3.08. The predicted octanol–water partition coefficient (Wildman–Crippen LogP) is 2.84. The van der Waals surface area contributed by atoms with Gasteiger partial charge in [-0.3, -0.25) is 0 Å². The van der Waals surface area contributed by atoms with Gasteiger partial charge in [0.25, 0.3) is 0 Å². The molecule has 0 spiro atoms. The van der Waals surface area contributed by atoms with Gasteiger partial charge in [-0.1, -0.05) is 0 Å². The fraction of sp³-hybridized carbons (Fsp3) is 0.231. The third-order valence-electron chi connectivity index (χ3n) is 2.77. The van der Waals surface area contributed by atoms with Crippen LogP contribution in [0.3, 0.4) is 0 Å². The van der Waals surface area contributed by atoms with Gasteiger partial charge < -0.3 is 10.2 Å². The third-order valence-corrected chi connectivity index (χ3v) is 3.71. The number of aromatic nitrogens is 2. The van der Waals surface area contributed by atoms with E-state index >= 15 is 0 Å². The number of nitrogens with zero attached hydrogens (tertiary/aromatic N) is 2. The topological polar surface area (TPSA) is 64.9 Å². The third kappa shape index (κ3) is 2.14. The van der Waals surface area contributed by atoms with Gasteiger partial charge in [0.2, 0.25) is 0 Å². The van der Waals surface area contributed by atoms with E-state index in [0.717, 1.165) is 40.2 Å². The highest BCUT2D eigenvalue weighted by Crippen LogP contribution is 2.27. The first-order valence-electron chi connectivity index (χ1n) is 5.85. The average molecular weight is 259 g/mol. The Morgan fingerprint density at radius 1 is 1.33 bits per heavy atom. The van der Waals surface area contributed by atoms with Crippen LogP contribution in [-0.2, 0) is 6.42 Å². The number of aryl methyl sites for hydroxylation is 1. The standard InChI is InChI=1S/C13H13N3OS/c14-5-1-2-10-7-18-13(16-10)9-3-4-11-12(6-9)17-8-15-11/h3-4,6-8H,1-2,5,14H2. The largest absolute Gasteiger partial charge is 0.443 e. The van der Waals surface area contributed by atoms with Crippen molar-refractivity contribution < 1.29 is 4.42 Å². The molecule has 3 rings (SSSR count). The maximum Gasteiger partial charge on any atom is 0.181 e. The van der Waals surface area contributed by atoms with Crippen LogP contribution >= 0.6 is 11.3 Å². The summed E-state index contributed by atoms with van der Waals surface area (Å²) in [5.41, 5.74) is 9.35. The second kappa shape index (κ2) is 4.88. The second-order valence-electron chi connectivity index (χ2n) is 4.07. The van der Waals surface area contributed by atoms with E-state index in [9.17, 15) is 0 Å². The summed E-state index contributed by atoms with van der Waals surface area (Å²) in [4.78, 5) is 8.71. The number of rotatable bonds is 4. The molecule has 0 aliphatic carbocycles. The Hall–Kier alpha value is -1.72. The summed E-state index contributed by atoms with van der Waals surface area (Å²) in [5.74, 6) is 0. The molecule has 0 radical (unpaired) electrons. The van der Waals surface area contributed by atoms with E-state index in [1.165, 1.54) is 6.39 Å². The SMILES string of the molecule is NCCCc1csc(-c2ccc3ncoc3c2)n1. The summed E-state index contributed by atoms with van der Waals surface area (Å²) in [6, 6.07) is 5.96. The minimum atomic E-state index is 0.705. The number of hydrogen-bond acceptors (Lipinski definition) is 5. The molecule has 0 unspecified atom stereocenters. The maximum absolute atomic E-state index is 5.50. The second-order valence-corrected chi connectivity index (χ2v) is 4.93. The van der Waals surface area contributed by atoms with Crippen LogP contribution in [0.4, 0.5) is 0 Å². The van der Waals surface area contributed by atoms with Gasteiger partial charge in [0, 0.05) is 10.9 Å². The molecule has 92 valence electrons. The highest BCUT2D eigenvalue weighted by atomic mass is 32.1. The summed E-state index contributed by atoms with van der Waals surface area (Å²) in [7, 11) is 0. The Bertz CT molecular complexity index is 659. The fourth-order valence-corrected chi connectivity index (χ4v) is 2.68. The van der Waals surface area contributed by atoms with E-state index in [1.54, 1.807) is 11.3 Å². The molecule has 0 aliphatic rings. The summed E-state index contributed by atoms with van der Waals surface area (Å²) in [5, 5.41) is 3.11. The summed E-state index contributed by atoms with van der Waals surface area (Å²) < 4.78 is 5.30. The molecule has 2 heterocycles. The van der Waals surface area contributed by atoms with E-state index < -0.39 is 0 Å². The van der Waals surface area contributed by atoms with E-state index in [4.69, 9.17) is 10.2 Å². The molecule has 18 heavy (non-hydrogen) atoms. The Labute approximate surface area is 108 Å². The number of hydrogen-bond donors (Lipinski definition) is 1. The predicted molar refractivity (Wildman–Crippen MR) is 72.5 cm³/mol. The lowest BCUT2D eigenvalue weighted by Crippen LogP contribution is -2.00. The molecular weight excluding hydrogens is 246 g/mol. The molecule has 0 amide bonds. The quantitative estimate of drug-likeness (QED) is 0.782. The van der Waals surface area contributed by atoms with Gasteiger partial charge >= 0.3 is 0 Å². The molecule has 0 saturated carbocycles. The molecular formula is C13H13N3OS. The Morgan fingerprint density at radius 2 is 2.28 bits per heavy atom. The molecule has 0 aliphatic heterocycles. The molecule has 3 aromatic rings. The highest BCUT2D eigenvalue weighted by molar-refractivity contribution is 7.13. The lowest BCUT2D eigenvalue weighted by Gasteiger charge is -1.95. The summed E-state index contributed by atoms with van der Waals surface area (Å²) in [6.45, 7) is 0.705. The minimum absolute atomic E-state index is 0.705. The smallest absolute Gasteiger partial charge is 0.181 e. The number of thiazole rings is 1. The van der Waals surface area contributed by atoms with E-state index in [-0.39, 0.29) is 0 Å². The van der Waals surface area contributed by atoms with Crippen LogP contribution in [0.5, 0.6) is 0 Å². The molecule has 2 aromatic heterocycles. The monoisotopic (exact) mass is 259 g/mol. The summed E-state index contributed by atoms with van der Waals surface area (Å²) in [6.07, 6.45) is 3.38. The molecule has 2 N–H and O–H groups in total. The van der Waals surface area contributed by atoms with Gasteiger partial charge in [-0.05, 0) is 37.6 Å². The van der Waals surface area contributed by atoms with Gasteiger partial charge in [-0.15, -0.1) is 11.3 Å². The normalized spacial score (nSPS) is 11.2. The summed E-state index contributed by atoms with van der Waals surface area (Å²) >= 11 is 1.65. The molecule has 5 heteroatoms. The van der Waals surface area contributed by atoms with E-state index in [0.29, 0.717) is 6.54 Å². The molecule has 1 aromatic carbocycles. The van der Waals surface area contributed by atoms with Crippen molar-refractivity contribution in [1.82, 2.24) is 9.97 Å². The first-order valence-corrected chi connectivity index (χ1v) is 6.73. The van der Waals surface area contributed by atoms with Crippen molar-refractivity contribution in [2.45, 2.75) is 12.8 Å². The zero-order valence-corrected chi connectivity index (χ0v) is 10.6. The van der Waals surface area contributed by atoms with Gasteiger partial charge in [0.1, 0.15) is 10.5 Å². The van der Waals surface area contributed by atoms with Crippen LogP contribution in [0.1, 0.15) is 12.1 Å². The number of benzene rings is 1. The zero-order valence-electron chi connectivity index (χ0n) is 9.80. The number of nitrogens with two attached hydrogens (primary N) is 1. The lowest BCUT2D eigenvalue weighted by atomic mass is 10.2. The Balaban J connectivity index is 1.90. The van der Waals surface area contributed by atoms with Crippen molar-refractivity contribution in [2.75, 3.05) is 6.54 Å². The van der Waals surface area contributed by atoms with Crippen LogP contribution in [0.2, 0.25) is 0 Å². The van der Waals surface area contributed by atoms with E-state index in [2.05, 4.69) is 15.3 Å². The van der Waals surface area contributed by atoms with Crippen LogP contribution in [-0.4, -0.2) is 16.5 Å². The maximum atomic E-state index is 5.50. The van der Waals surface area contributed by atoms with Gasteiger partial charge in [-0.25, -0.2) is 9.97 Å². The lowest BCUT2D eigenvalue weighted by molar-refractivity contribution is 0.602. The van der Waals surface area contributed by atoms with Crippen molar-refractivity contribution in [1.29, 1.82) is 0 Å². The van der Waals surface area contributed by atoms with Crippen LogP contribution < -0.4 is 5.73 Å². The molecule has 4 nitrogen and oxygen atoms in total. The first kappa shape index (κ1) is 11.4.